The van der Waals surface area contributed by atoms with Crippen LogP contribution in [-0.2, 0) is 0 Å². The van der Waals surface area contributed by atoms with Gasteiger partial charge < -0.3 is 11.5 Å². The van der Waals surface area contributed by atoms with Crippen molar-refractivity contribution < 1.29 is 0 Å². The maximum absolute atomic E-state index is 4.62. The van der Waals surface area contributed by atoms with E-state index in [0.29, 0.717) is 0 Å². The number of nitrogens with two attached hydrogens (primary N) is 2. The van der Waals surface area contributed by atoms with E-state index >= 15 is 0 Å². The molecule has 15 heavy (non-hydrogen) atoms. The number of unbranched alkanes of at least 4 members (excludes halogenated alkanes) is 9. The zero-order valence-corrected chi connectivity index (χ0v) is 10.9. The van der Waals surface area contributed by atoms with Gasteiger partial charge in [0, 0.05) is 6.67 Å². The van der Waals surface area contributed by atoms with E-state index in [9.17, 15) is 0 Å². The molecule has 2 heteroatoms. The van der Waals surface area contributed by atoms with Crippen molar-refractivity contribution in [3.05, 3.63) is 0 Å². The normalized spacial score (nSPS) is 9.60. The lowest BCUT2D eigenvalue weighted by atomic mass is 10.1. The predicted octanol–water partition coefficient (Wildman–Crippen LogP) is 3.79. The Morgan fingerprint density at radius 1 is 0.533 bits per heavy atom. The first-order valence-electron chi connectivity index (χ1n) is 6.73. The Balaban J connectivity index is 0. The van der Waals surface area contributed by atoms with Crippen molar-refractivity contribution in [1.29, 1.82) is 0 Å². The van der Waals surface area contributed by atoms with Crippen molar-refractivity contribution >= 4 is 0 Å². The Hall–Kier alpha value is -0.0800. The molecule has 0 rings (SSSR count). The highest BCUT2D eigenvalue weighted by molar-refractivity contribution is 4.45. The summed E-state index contributed by atoms with van der Waals surface area (Å²) in [6, 6.07) is 0. The summed E-state index contributed by atoms with van der Waals surface area (Å²) in [5.41, 5.74) is 9.25. The molecule has 2 nitrogen and oxygen atoms in total. The third-order valence-corrected chi connectivity index (χ3v) is 2.46. The predicted molar refractivity (Wildman–Crippen MR) is 70.8 cm³/mol. The molecule has 0 unspecified atom stereocenters. The van der Waals surface area contributed by atoms with Gasteiger partial charge in [-0.25, -0.2) is 0 Å². The van der Waals surface area contributed by atoms with Crippen LogP contribution < -0.4 is 11.5 Å². The van der Waals surface area contributed by atoms with Crippen LogP contribution in [0.15, 0.2) is 0 Å². The Labute approximate surface area is 96.8 Å². The molecule has 0 aliphatic carbocycles. The molecule has 0 bridgehead atoms. The molecule has 0 saturated heterocycles. The highest BCUT2D eigenvalue weighted by atomic mass is 14.7. The molecule has 0 atom stereocenters. The molecule has 0 radical (unpaired) electrons. The van der Waals surface area contributed by atoms with E-state index in [0.717, 1.165) is 0 Å². The summed E-state index contributed by atoms with van der Waals surface area (Å²) in [6.07, 6.45) is 14.4. The van der Waals surface area contributed by atoms with Gasteiger partial charge in [-0.2, -0.15) is 0 Å². The fraction of sp³-hybridized carbons (Fsp3) is 1.00. The van der Waals surface area contributed by atoms with Gasteiger partial charge in [0.05, 0.1) is 0 Å². The molecule has 0 heterocycles. The molecule has 0 saturated carbocycles. The summed E-state index contributed by atoms with van der Waals surface area (Å²) < 4.78 is 0. The smallest absolute Gasteiger partial charge is 0.0403 e. The highest BCUT2D eigenvalue weighted by Crippen LogP contribution is 2.09. The molecule has 0 aliphatic heterocycles. The van der Waals surface area contributed by atoms with Crippen LogP contribution in [0, 0.1) is 0 Å². The second-order valence-electron chi connectivity index (χ2n) is 4.06. The van der Waals surface area contributed by atoms with Crippen LogP contribution in [0.4, 0.5) is 0 Å². The third-order valence-electron chi connectivity index (χ3n) is 2.46. The van der Waals surface area contributed by atoms with Gasteiger partial charge in [0.2, 0.25) is 0 Å². The van der Waals surface area contributed by atoms with Crippen LogP contribution >= 0.6 is 0 Å². The van der Waals surface area contributed by atoms with Gasteiger partial charge in [-0.05, 0) is 0 Å². The van der Waals surface area contributed by atoms with Crippen LogP contribution in [0.2, 0.25) is 0 Å². The zero-order chi connectivity index (χ0) is 11.8. The monoisotopic (exact) mass is 216 g/mol. The quantitative estimate of drug-likeness (QED) is 0.455. The van der Waals surface area contributed by atoms with Crippen LogP contribution in [0.25, 0.3) is 0 Å². The van der Waals surface area contributed by atoms with Gasteiger partial charge >= 0.3 is 0 Å². The van der Waals surface area contributed by atoms with Gasteiger partial charge in [0.15, 0.2) is 0 Å². The summed E-state index contributed by atoms with van der Waals surface area (Å²) in [5, 5.41) is 0. The topological polar surface area (TPSA) is 52.0 Å². The van der Waals surface area contributed by atoms with Crippen molar-refractivity contribution in [2.45, 2.75) is 78.1 Å². The van der Waals surface area contributed by atoms with Crippen LogP contribution in [0.3, 0.4) is 0 Å². The van der Waals surface area contributed by atoms with Gasteiger partial charge in [0.1, 0.15) is 0 Å². The number of hydrogen-bond acceptors (Lipinski definition) is 2. The first-order valence-corrected chi connectivity index (χ1v) is 6.73. The minimum absolute atomic E-state index is 0.250. The molecule has 4 N–H and O–H groups in total. The average Bonchev–Trinajstić information content (AvgIpc) is 2.23. The molecule has 0 amide bonds. The van der Waals surface area contributed by atoms with Crippen molar-refractivity contribution in [3.63, 3.8) is 0 Å². The lowest BCUT2D eigenvalue weighted by Gasteiger charge is -1.99. The first-order chi connectivity index (χ1) is 7.33. The van der Waals surface area contributed by atoms with Crippen molar-refractivity contribution in [3.8, 4) is 0 Å². The zero-order valence-electron chi connectivity index (χ0n) is 10.9. The molecular formula is C13H32N2. The lowest BCUT2D eigenvalue weighted by molar-refractivity contribution is 0.562. The minimum atomic E-state index is 0.250. The average molecular weight is 216 g/mol. The first kappa shape index (κ1) is 17.3. The Morgan fingerprint density at radius 3 is 0.933 bits per heavy atom. The fourth-order valence-corrected chi connectivity index (χ4v) is 1.56. The number of hydrogen-bond donors (Lipinski definition) is 2. The van der Waals surface area contributed by atoms with E-state index in [-0.39, 0.29) is 6.67 Å². The van der Waals surface area contributed by atoms with E-state index in [4.69, 9.17) is 0 Å². The van der Waals surface area contributed by atoms with E-state index < -0.39 is 0 Å². The van der Waals surface area contributed by atoms with E-state index in [1.165, 1.54) is 64.2 Å². The summed E-state index contributed by atoms with van der Waals surface area (Å²) in [6.45, 7) is 4.81. The minimum Gasteiger partial charge on any atom is -0.319 e. The summed E-state index contributed by atoms with van der Waals surface area (Å²) in [7, 11) is 0. The lowest BCUT2D eigenvalue weighted by Crippen LogP contribution is -2.08. The van der Waals surface area contributed by atoms with Gasteiger partial charge in [-0.1, -0.05) is 78.1 Å². The second-order valence-corrected chi connectivity index (χ2v) is 4.06. The van der Waals surface area contributed by atoms with E-state index in [1.54, 1.807) is 0 Å². The molecular weight excluding hydrogens is 184 g/mol. The maximum Gasteiger partial charge on any atom is 0.0403 e. The molecule has 94 valence electrons. The van der Waals surface area contributed by atoms with E-state index in [2.05, 4.69) is 25.3 Å². The van der Waals surface area contributed by atoms with Crippen molar-refractivity contribution in [2.75, 3.05) is 6.67 Å². The fourth-order valence-electron chi connectivity index (χ4n) is 1.56. The molecule has 0 fully saturated rings. The van der Waals surface area contributed by atoms with Crippen LogP contribution in [0.1, 0.15) is 78.1 Å². The second kappa shape index (κ2) is 19.5. The molecule has 0 aromatic rings. The van der Waals surface area contributed by atoms with Gasteiger partial charge in [0.25, 0.3) is 0 Å². The summed E-state index contributed by atoms with van der Waals surface area (Å²) in [5.74, 6) is 0. The molecule has 0 aliphatic rings. The molecule has 0 aromatic heterocycles. The van der Waals surface area contributed by atoms with E-state index in [1.807, 2.05) is 0 Å². The van der Waals surface area contributed by atoms with Crippen molar-refractivity contribution in [1.82, 2.24) is 0 Å². The summed E-state index contributed by atoms with van der Waals surface area (Å²) >= 11 is 0. The largest absolute Gasteiger partial charge is 0.319 e. The summed E-state index contributed by atoms with van der Waals surface area (Å²) in [4.78, 5) is 0. The Bertz CT molecular complexity index is 74.6. The van der Waals surface area contributed by atoms with Crippen LogP contribution in [0.5, 0.6) is 0 Å². The van der Waals surface area contributed by atoms with Crippen LogP contribution in [-0.4, -0.2) is 6.67 Å². The van der Waals surface area contributed by atoms with Crippen molar-refractivity contribution in [2.24, 2.45) is 11.5 Å². The maximum atomic E-state index is 4.62. The molecule has 0 spiro atoms. The SMILES string of the molecule is CCCCCCCCCCCC.NCN. The molecule has 0 aromatic carbocycles. The Morgan fingerprint density at radius 2 is 0.733 bits per heavy atom. The third kappa shape index (κ3) is 24.9. The van der Waals surface area contributed by atoms with Gasteiger partial charge in [-0.15, -0.1) is 0 Å². The standard InChI is InChI=1S/C12H26.CH6N2/c1-3-5-7-9-11-12-10-8-6-4-2;2-1-3/h3-12H2,1-2H3;1-3H2. The number of rotatable bonds is 9. The van der Waals surface area contributed by atoms with Gasteiger partial charge in [-0.3, -0.25) is 0 Å². The Kier molecular flexibility index (Phi) is 22.5. The highest BCUT2D eigenvalue weighted by Gasteiger charge is 1.90.